The summed E-state index contributed by atoms with van der Waals surface area (Å²) in [4.78, 5) is 11.0. The maximum absolute atomic E-state index is 11.0. The lowest BCUT2D eigenvalue weighted by molar-refractivity contribution is -0.315. The molecule has 2 saturated carbocycles. The third-order valence-corrected chi connectivity index (χ3v) is 5.08. The molecule has 0 aromatic heterocycles. The van der Waals surface area contributed by atoms with E-state index < -0.39 is 5.97 Å². The van der Waals surface area contributed by atoms with Crippen molar-refractivity contribution in [2.24, 2.45) is 22.7 Å². The number of aliphatic carboxylic acids is 1. The van der Waals surface area contributed by atoms with Crippen LogP contribution in [0, 0.1) is 22.7 Å². The van der Waals surface area contributed by atoms with Gasteiger partial charge in [0.1, 0.15) is 0 Å². The van der Waals surface area contributed by atoms with E-state index in [1.807, 2.05) is 0 Å². The summed E-state index contributed by atoms with van der Waals surface area (Å²) in [6.45, 7) is 6.56. The molecule has 2 aliphatic carbocycles. The summed E-state index contributed by atoms with van der Waals surface area (Å²) in [6.07, 6.45) is 3.10. The first-order valence-corrected chi connectivity index (χ1v) is 5.10. The van der Waals surface area contributed by atoms with E-state index in [1.165, 1.54) is 6.42 Å². The molecule has 13 heavy (non-hydrogen) atoms. The molecule has 2 bridgehead atoms. The molecule has 0 N–H and O–H groups in total. The molecule has 0 aromatic rings. The van der Waals surface area contributed by atoms with Gasteiger partial charge < -0.3 is 9.90 Å². The van der Waals surface area contributed by atoms with Gasteiger partial charge in [-0.1, -0.05) is 20.8 Å². The van der Waals surface area contributed by atoms with Gasteiger partial charge in [-0.25, -0.2) is 0 Å². The molecule has 74 valence electrons. The summed E-state index contributed by atoms with van der Waals surface area (Å²) in [6, 6.07) is 0. The molecule has 2 fully saturated rings. The largest absolute Gasteiger partial charge is 0.550 e. The highest BCUT2D eigenvalue weighted by molar-refractivity contribution is 5.70. The van der Waals surface area contributed by atoms with Crippen molar-refractivity contribution in [3.8, 4) is 0 Å². The summed E-state index contributed by atoms with van der Waals surface area (Å²) in [5.74, 6) is -0.445. The van der Waals surface area contributed by atoms with Gasteiger partial charge in [0.2, 0.25) is 0 Å². The molecule has 0 saturated heterocycles. The summed E-state index contributed by atoms with van der Waals surface area (Å²) in [5, 5.41) is 11.0. The average Bonchev–Trinajstić information content (AvgIpc) is 2.34. The fourth-order valence-electron chi connectivity index (χ4n) is 3.56. The van der Waals surface area contributed by atoms with E-state index in [-0.39, 0.29) is 16.7 Å². The molecule has 2 heteroatoms. The van der Waals surface area contributed by atoms with E-state index in [9.17, 15) is 9.90 Å². The van der Waals surface area contributed by atoms with Crippen LogP contribution in [0.4, 0.5) is 0 Å². The van der Waals surface area contributed by atoms with Crippen molar-refractivity contribution in [1.82, 2.24) is 0 Å². The minimum Gasteiger partial charge on any atom is -0.550 e. The van der Waals surface area contributed by atoms with Crippen molar-refractivity contribution in [2.75, 3.05) is 0 Å². The van der Waals surface area contributed by atoms with E-state index in [1.54, 1.807) is 0 Å². The van der Waals surface area contributed by atoms with Gasteiger partial charge in [0.25, 0.3) is 0 Å². The summed E-state index contributed by atoms with van der Waals surface area (Å²) >= 11 is 0. The Balaban J connectivity index is 2.38. The zero-order valence-electron chi connectivity index (χ0n) is 8.59. The van der Waals surface area contributed by atoms with Gasteiger partial charge >= 0.3 is 0 Å². The first-order valence-electron chi connectivity index (χ1n) is 5.10. The van der Waals surface area contributed by atoms with Crippen molar-refractivity contribution >= 4 is 5.97 Å². The lowest BCUT2D eigenvalue weighted by atomic mass is 9.67. The second-order valence-corrected chi connectivity index (χ2v) is 5.48. The van der Waals surface area contributed by atoms with Gasteiger partial charge in [-0.3, -0.25) is 0 Å². The van der Waals surface area contributed by atoms with Crippen LogP contribution in [0.5, 0.6) is 0 Å². The van der Waals surface area contributed by atoms with Crippen molar-refractivity contribution in [3.05, 3.63) is 0 Å². The molecule has 2 aliphatic rings. The molecule has 0 amide bonds. The van der Waals surface area contributed by atoms with Gasteiger partial charge in [-0.2, -0.15) is 0 Å². The number of rotatable bonds is 1. The quantitative estimate of drug-likeness (QED) is 0.609. The Morgan fingerprint density at radius 2 is 2.00 bits per heavy atom. The van der Waals surface area contributed by atoms with Crippen LogP contribution in [0.1, 0.15) is 40.0 Å². The molecule has 2 rings (SSSR count). The zero-order valence-corrected chi connectivity index (χ0v) is 8.59. The highest BCUT2D eigenvalue weighted by Crippen LogP contribution is 2.67. The molecular weight excluding hydrogens is 164 g/mol. The number of hydrogen-bond donors (Lipinski definition) is 0. The SMILES string of the molecule is CC1(C)C2CCC1(C)C(C(=O)[O-])C2. The Labute approximate surface area is 79.3 Å². The maximum atomic E-state index is 11.0. The third-order valence-electron chi connectivity index (χ3n) is 5.08. The Kier molecular flexibility index (Phi) is 1.59. The Hall–Kier alpha value is -0.530. The van der Waals surface area contributed by atoms with Crippen LogP contribution in [0.25, 0.3) is 0 Å². The van der Waals surface area contributed by atoms with Crippen LogP contribution in [0.2, 0.25) is 0 Å². The Morgan fingerprint density at radius 1 is 1.38 bits per heavy atom. The highest BCUT2D eigenvalue weighted by Gasteiger charge is 2.61. The number of carboxylic acids is 1. The van der Waals surface area contributed by atoms with Gasteiger partial charge in [-0.05, 0) is 36.0 Å². The van der Waals surface area contributed by atoms with Crippen LogP contribution in [0.3, 0.4) is 0 Å². The average molecular weight is 181 g/mol. The minimum absolute atomic E-state index is 0.0174. The van der Waals surface area contributed by atoms with Crippen molar-refractivity contribution in [2.45, 2.75) is 40.0 Å². The monoisotopic (exact) mass is 181 g/mol. The third kappa shape index (κ3) is 0.866. The van der Waals surface area contributed by atoms with Crippen molar-refractivity contribution < 1.29 is 9.90 Å². The van der Waals surface area contributed by atoms with E-state index in [0.29, 0.717) is 5.92 Å². The zero-order chi connectivity index (χ0) is 9.85. The fraction of sp³-hybridized carbons (Fsp3) is 0.909. The molecule has 0 aromatic carbocycles. The van der Waals surface area contributed by atoms with Gasteiger partial charge in [0.05, 0.1) is 0 Å². The first-order chi connectivity index (χ1) is 5.89. The summed E-state index contributed by atoms with van der Waals surface area (Å²) in [7, 11) is 0. The van der Waals surface area contributed by atoms with Crippen molar-refractivity contribution in [3.63, 3.8) is 0 Å². The van der Waals surface area contributed by atoms with Crippen LogP contribution < -0.4 is 5.11 Å². The summed E-state index contributed by atoms with van der Waals surface area (Å²) < 4.78 is 0. The molecule has 3 atom stereocenters. The first kappa shape index (κ1) is 9.04. The second-order valence-electron chi connectivity index (χ2n) is 5.48. The molecule has 3 unspecified atom stereocenters. The topological polar surface area (TPSA) is 40.1 Å². The number of carboxylic acid groups (broad SMARTS) is 1. The van der Waals surface area contributed by atoms with Crippen LogP contribution >= 0.6 is 0 Å². The fourth-order valence-corrected chi connectivity index (χ4v) is 3.56. The molecule has 2 nitrogen and oxygen atoms in total. The second kappa shape index (κ2) is 2.28. The van der Waals surface area contributed by atoms with Crippen LogP contribution in [-0.4, -0.2) is 5.97 Å². The Bertz CT molecular complexity index is 257. The van der Waals surface area contributed by atoms with E-state index in [2.05, 4.69) is 20.8 Å². The molecule has 0 spiro atoms. The maximum Gasteiger partial charge on any atom is 0.0451 e. The standard InChI is InChI=1S/C11H18O2/c1-10(2)7-4-5-11(10,3)8(6-7)9(12)13/h7-8H,4-6H2,1-3H3,(H,12,13)/p-1. The molecule has 0 aliphatic heterocycles. The minimum atomic E-state index is -0.835. The molecule has 0 heterocycles. The predicted molar refractivity (Wildman–Crippen MR) is 47.7 cm³/mol. The molecule has 0 radical (unpaired) electrons. The Morgan fingerprint density at radius 3 is 2.23 bits per heavy atom. The van der Waals surface area contributed by atoms with E-state index in [0.717, 1.165) is 12.8 Å². The number of carbonyl (C=O) groups excluding carboxylic acids is 1. The van der Waals surface area contributed by atoms with E-state index >= 15 is 0 Å². The highest BCUT2D eigenvalue weighted by atomic mass is 16.4. The van der Waals surface area contributed by atoms with Gasteiger partial charge in [-0.15, -0.1) is 0 Å². The predicted octanol–water partition coefficient (Wildman–Crippen LogP) is 1.20. The van der Waals surface area contributed by atoms with Gasteiger partial charge in [0.15, 0.2) is 0 Å². The molecular formula is C11H17O2-. The number of fused-ring (bicyclic) bond motifs is 2. The number of hydrogen-bond acceptors (Lipinski definition) is 2. The van der Waals surface area contributed by atoms with Gasteiger partial charge in [0, 0.05) is 11.9 Å². The number of carbonyl (C=O) groups is 1. The summed E-state index contributed by atoms with van der Waals surface area (Å²) in [5.41, 5.74) is 0.175. The normalized spacial score (nSPS) is 46.7. The lowest BCUT2D eigenvalue weighted by Crippen LogP contribution is -2.42. The van der Waals surface area contributed by atoms with Crippen LogP contribution in [-0.2, 0) is 4.79 Å². The smallest absolute Gasteiger partial charge is 0.0451 e. The lowest BCUT2D eigenvalue weighted by Gasteiger charge is -2.39. The van der Waals surface area contributed by atoms with E-state index in [4.69, 9.17) is 0 Å². The van der Waals surface area contributed by atoms with Crippen molar-refractivity contribution in [1.29, 1.82) is 0 Å². The van der Waals surface area contributed by atoms with Crippen LogP contribution in [0.15, 0.2) is 0 Å².